The second kappa shape index (κ2) is 5.90. The number of anilines is 2. The summed E-state index contributed by atoms with van der Waals surface area (Å²) in [6.07, 6.45) is 0. The van der Waals surface area contributed by atoms with Crippen molar-refractivity contribution in [2.45, 2.75) is 0 Å². The second-order valence-corrected chi connectivity index (χ2v) is 5.50. The molecule has 2 aromatic rings. The lowest BCUT2D eigenvalue weighted by atomic mass is 10.00. The summed E-state index contributed by atoms with van der Waals surface area (Å²) >= 11 is 8.89. The maximum atomic E-state index is 13.3. The van der Waals surface area contributed by atoms with E-state index in [4.69, 9.17) is 23.1 Å². The van der Waals surface area contributed by atoms with Crippen molar-refractivity contribution in [3.63, 3.8) is 0 Å². The lowest BCUT2D eigenvalue weighted by Crippen LogP contribution is -2.10. The van der Waals surface area contributed by atoms with Crippen LogP contribution in [0.3, 0.4) is 0 Å². The molecule has 9 heteroatoms. The zero-order valence-corrected chi connectivity index (χ0v) is 13.1. The van der Waals surface area contributed by atoms with E-state index in [0.717, 1.165) is 18.2 Å². The molecule has 6 nitrogen and oxygen atoms in total. The first-order chi connectivity index (χ1) is 10.2. The molecule has 114 valence electrons. The first-order valence-corrected chi connectivity index (χ1v) is 6.92. The Bertz CT molecular complexity index is 814. The number of rotatable bonds is 3. The van der Waals surface area contributed by atoms with Crippen LogP contribution in [0.4, 0.5) is 21.5 Å². The van der Waals surface area contributed by atoms with Gasteiger partial charge in [-0.3, -0.25) is 14.9 Å². The van der Waals surface area contributed by atoms with Crippen molar-refractivity contribution in [3.05, 3.63) is 60.8 Å². The summed E-state index contributed by atoms with van der Waals surface area (Å²) < 4.78 is 13.3. The minimum Gasteiger partial charge on any atom is -0.397 e. The van der Waals surface area contributed by atoms with Gasteiger partial charge in [0.25, 0.3) is 5.69 Å². The highest BCUT2D eigenvalue weighted by Crippen LogP contribution is 2.38. The molecule has 0 unspecified atom stereocenters. The quantitative estimate of drug-likeness (QED) is 0.361. The highest BCUT2D eigenvalue weighted by Gasteiger charge is 2.29. The van der Waals surface area contributed by atoms with Crippen LogP contribution < -0.4 is 11.5 Å². The van der Waals surface area contributed by atoms with Crippen LogP contribution in [0, 0.1) is 15.9 Å². The Kier molecular flexibility index (Phi) is 4.34. The molecule has 0 saturated carbocycles. The standard InChI is InChI=1S/C13H8BrClFN3O3/c14-11-10(9(19(21)22)4-8(17)12(11)18)13(20)6-3-5(16)1-2-7(6)15/h1-4H,17-18H2. The number of nitrogens with zero attached hydrogens (tertiary/aromatic N) is 1. The molecule has 2 aromatic carbocycles. The average Bonchev–Trinajstić information content (AvgIpc) is 2.46. The predicted octanol–water partition coefficient (Wildman–Crippen LogP) is 3.55. The van der Waals surface area contributed by atoms with Crippen LogP contribution in [0.2, 0.25) is 5.02 Å². The van der Waals surface area contributed by atoms with Gasteiger partial charge < -0.3 is 11.5 Å². The molecule has 0 amide bonds. The number of benzene rings is 2. The van der Waals surface area contributed by atoms with Crippen molar-refractivity contribution in [3.8, 4) is 0 Å². The molecule has 0 bridgehead atoms. The first-order valence-electron chi connectivity index (χ1n) is 5.75. The van der Waals surface area contributed by atoms with Crippen LogP contribution >= 0.6 is 27.5 Å². The molecule has 0 aliphatic carbocycles. The van der Waals surface area contributed by atoms with Gasteiger partial charge in [0.15, 0.2) is 0 Å². The number of hydrogen-bond donors (Lipinski definition) is 2. The number of nitro groups is 1. The van der Waals surface area contributed by atoms with Gasteiger partial charge in [0.2, 0.25) is 5.78 Å². The molecule has 22 heavy (non-hydrogen) atoms. The molecule has 0 atom stereocenters. The highest BCUT2D eigenvalue weighted by atomic mass is 79.9. The van der Waals surface area contributed by atoms with Crippen molar-refractivity contribution >= 4 is 50.4 Å². The Morgan fingerprint density at radius 1 is 1.32 bits per heavy atom. The van der Waals surface area contributed by atoms with Crippen molar-refractivity contribution in [1.29, 1.82) is 0 Å². The summed E-state index contributed by atoms with van der Waals surface area (Å²) in [5.74, 6) is -1.54. The van der Waals surface area contributed by atoms with Gasteiger partial charge in [-0.05, 0) is 34.1 Å². The Labute approximate surface area is 137 Å². The number of halogens is 3. The van der Waals surface area contributed by atoms with Crippen LogP contribution in [-0.2, 0) is 0 Å². The minimum atomic E-state index is -0.838. The monoisotopic (exact) mass is 387 g/mol. The third-order valence-electron chi connectivity index (χ3n) is 2.91. The molecular weight excluding hydrogens is 381 g/mol. The summed E-state index contributed by atoms with van der Waals surface area (Å²) in [5.41, 5.74) is 10.1. The average molecular weight is 389 g/mol. The van der Waals surface area contributed by atoms with Crippen LogP contribution in [0.5, 0.6) is 0 Å². The number of ketones is 1. The first kappa shape index (κ1) is 16.2. The van der Waals surface area contributed by atoms with Crippen LogP contribution in [0.25, 0.3) is 0 Å². The second-order valence-electron chi connectivity index (χ2n) is 4.30. The summed E-state index contributed by atoms with van der Waals surface area (Å²) in [7, 11) is 0. The molecule has 4 N–H and O–H groups in total. The number of carbonyl (C=O) groups excluding carboxylic acids is 1. The maximum absolute atomic E-state index is 13.3. The fourth-order valence-corrected chi connectivity index (χ4v) is 2.65. The van der Waals surface area contributed by atoms with E-state index >= 15 is 0 Å². The summed E-state index contributed by atoms with van der Waals surface area (Å²) in [6, 6.07) is 4.12. The van der Waals surface area contributed by atoms with Gasteiger partial charge in [0.05, 0.1) is 25.8 Å². The molecule has 0 saturated heterocycles. The maximum Gasteiger partial charge on any atom is 0.283 e. The molecule has 0 fully saturated rings. The lowest BCUT2D eigenvalue weighted by molar-refractivity contribution is -0.385. The summed E-state index contributed by atoms with van der Waals surface area (Å²) in [6.45, 7) is 0. The fourth-order valence-electron chi connectivity index (χ4n) is 1.84. The van der Waals surface area contributed by atoms with Gasteiger partial charge in [0.1, 0.15) is 11.4 Å². The SMILES string of the molecule is Nc1cc([N+](=O)[O-])c(C(=O)c2cc(F)ccc2Cl)c(Br)c1N. The van der Waals surface area contributed by atoms with Crippen molar-refractivity contribution in [2.75, 3.05) is 11.5 Å². The van der Waals surface area contributed by atoms with E-state index in [-0.39, 0.29) is 32.0 Å². The van der Waals surface area contributed by atoms with Crippen LogP contribution in [-0.4, -0.2) is 10.7 Å². The predicted molar refractivity (Wildman–Crippen MR) is 84.5 cm³/mol. The highest BCUT2D eigenvalue weighted by molar-refractivity contribution is 9.10. The van der Waals surface area contributed by atoms with E-state index in [1.54, 1.807) is 0 Å². The Morgan fingerprint density at radius 2 is 1.95 bits per heavy atom. The minimum absolute atomic E-state index is 0.0264. The van der Waals surface area contributed by atoms with E-state index in [2.05, 4.69) is 15.9 Å². The summed E-state index contributed by atoms with van der Waals surface area (Å²) in [5, 5.41) is 11.1. The molecular formula is C13H8BrClFN3O3. The molecule has 0 aliphatic heterocycles. The Hall–Kier alpha value is -2.19. The summed E-state index contributed by atoms with van der Waals surface area (Å²) in [4.78, 5) is 22.9. The van der Waals surface area contributed by atoms with Crippen molar-refractivity contribution < 1.29 is 14.1 Å². The number of hydrogen-bond acceptors (Lipinski definition) is 5. The lowest BCUT2D eigenvalue weighted by Gasteiger charge is -2.10. The number of nitro benzene ring substituents is 1. The normalized spacial score (nSPS) is 10.5. The molecule has 0 aromatic heterocycles. The van der Waals surface area contributed by atoms with Gasteiger partial charge in [0, 0.05) is 11.6 Å². The molecule has 0 heterocycles. The molecule has 0 spiro atoms. The number of carbonyl (C=O) groups is 1. The van der Waals surface area contributed by atoms with E-state index < -0.39 is 22.2 Å². The smallest absolute Gasteiger partial charge is 0.283 e. The van der Waals surface area contributed by atoms with E-state index in [1.165, 1.54) is 6.07 Å². The van der Waals surface area contributed by atoms with E-state index in [9.17, 15) is 19.3 Å². The van der Waals surface area contributed by atoms with Crippen molar-refractivity contribution in [1.82, 2.24) is 0 Å². The number of nitrogen functional groups attached to an aromatic ring is 2. The molecule has 0 radical (unpaired) electrons. The van der Waals surface area contributed by atoms with Gasteiger partial charge in [-0.25, -0.2) is 4.39 Å². The largest absolute Gasteiger partial charge is 0.397 e. The Morgan fingerprint density at radius 3 is 2.55 bits per heavy atom. The fraction of sp³-hybridized carbons (Fsp3) is 0. The van der Waals surface area contributed by atoms with E-state index in [0.29, 0.717) is 0 Å². The Balaban J connectivity index is 2.76. The number of nitrogens with two attached hydrogens (primary N) is 2. The van der Waals surface area contributed by atoms with Crippen molar-refractivity contribution in [2.24, 2.45) is 0 Å². The zero-order chi connectivity index (χ0) is 16.6. The van der Waals surface area contributed by atoms with Crippen LogP contribution in [0.1, 0.15) is 15.9 Å². The third-order valence-corrected chi connectivity index (χ3v) is 4.07. The zero-order valence-electron chi connectivity index (χ0n) is 10.8. The van der Waals surface area contributed by atoms with Gasteiger partial charge in [-0.15, -0.1) is 0 Å². The van der Waals surface area contributed by atoms with Crippen LogP contribution in [0.15, 0.2) is 28.7 Å². The van der Waals surface area contributed by atoms with E-state index in [1.807, 2.05) is 0 Å². The molecule has 0 aliphatic rings. The third kappa shape index (κ3) is 2.75. The van der Waals surface area contributed by atoms with Gasteiger partial charge in [-0.1, -0.05) is 11.6 Å². The van der Waals surface area contributed by atoms with Gasteiger partial charge in [-0.2, -0.15) is 0 Å². The topological polar surface area (TPSA) is 112 Å². The molecule has 2 rings (SSSR count). The van der Waals surface area contributed by atoms with Gasteiger partial charge >= 0.3 is 0 Å².